The molecule has 0 aliphatic heterocycles. The largest absolute Gasteiger partial charge is 0.459 e. The average molecular weight is 190 g/mol. The Morgan fingerprint density at radius 1 is 1.29 bits per heavy atom. The fraction of sp³-hybridized carbons (Fsp3) is 0.750. The number of hydrogen-bond acceptors (Lipinski definition) is 2. The van der Waals surface area contributed by atoms with E-state index in [4.69, 9.17) is 0 Å². The van der Waals surface area contributed by atoms with Gasteiger partial charge in [0.05, 0.1) is 7.11 Å². The summed E-state index contributed by atoms with van der Waals surface area (Å²) in [6.45, 7) is 0. The van der Waals surface area contributed by atoms with Gasteiger partial charge in [0.1, 0.15) is 0 Å². The van der Waals surface area contributed by atoms with E-state index in [1.54, 1.807) is 0 Å². The molecule has 0 heterocycles. The molecular formula is C12H14O2. The molecule has 0 amide bonds. The first-order chi connectivity index (χ1) is 6.81. The highest BCUT2D eigenvalue weighted by Gasteiger charge is 2.64. The summed E-state index contributed by atoms with van der Waals surface area (Å²) in [7, 11) is 1.38. The van der Waals surface area contributed by atoms with Crippen molar-refractivity contribution in [2.45, 2.75) is 19.3 Å². The molecule has 3 rings (SSSR count). The van der Waals surface area contributed by atoms with Gasteiger partial charge in [-0.05, 0) is 42.9 Å². The fourth-order valence-electron chi connectivity index (χ4n) is 3.71. The molecule has 3 fully saturated rings. The van der Waals surface area contributed by atoms with Crippen molar-refractivity contribution in [2.24, 2.45) is 29.6 Å². The van der Waals surface area contributed by atoms with Crippen LogP contribution >= 0.6 is 0 Å². The van der Waals surface area contributed by atoms with E-state index in [9.17, 15) is 4.79 Å². The second-order valence-electron chi connectivity index (χ2n) is 4.77. The summed E-state index contributed by atoms with van der Waals surface area (Å²) in [5.74, 6) is 9.35. The maximum Gasteiger partial charge on any atom is 0.384 e. The predicted molar refractivity (Wildman–Crippen MR) is 51.1 cm³/mol. The van der Waals surface area contributed by atoms with Crippen LogP contribution in [0.15, 0.2) is 0 Å². The number of hydrogen-bond donors (Lipinski definition) is 0. The van der Waals surface area contributed by atoms with Crippen LogP contribution in [0.5, 0.6) is 0 Å². The van der Waals surface area contributed by atoms with Crippen molar-refractivity contribution in [1.82, 2.24) is 0 Å². The van der Waals surface area contributed by atoms with Gasteiger partial charge in [-0.1, -0.05) is 5.92 Å². The van der Waals surface area contributed by atoms with E-state index in [1.165, 1.54) is 26.4 Å². The Hall–Kier alpha value is -0.970. The summed E-state index contributed by atoms with van der Waals surface area (Å²) in [5.41, 5.74) is 0. The number of carbonyl (C=O) groups is 1. The van der Waals surface area contributed by atoms with Gasteiger partial charge in [-0.3, -0.25) is 0 Å². The smallest absolute Gasteiger partial charge is 0.384 e. The Morgan fingerprint density at radius 2 is 1.93 bits per heavy atom. The highest BCUT2D eigenvalue weighted by molar-refractivity contribution is 5.88. The lowest BCUT2D eigenvalue weighted by Gasteiger charge is -2.03. The highest BCUT2D eigenvalue weighted by Crippen LogP contribution is 2.69. The molecule has 0 N–H and O–H groups in total. The molecule has 3 aliphatic rings. The number of carbonyl (C=O) groups excluding carboxylic acids is 1. The zero-order valence-electron chi connectivity index (χ0n) is 8.32. The van der Waals surface area contributed by atoms with Crippen molar-refractivity contribution >= 4 is 5.97 Å². The van der Waals surface area contributed by atoms with Crippen LogP contribution in [-0.4, -0.2) is 13.1 Å². The second-order valence-corrected chi connectivity index (χ2v) is 4.77. The van der Waals surface area contributed by atoms with E-state index in [2.05, 4.69) is 16.6 Å². The van der Waals surface area contributed by atoms with E-state index in [0.717, 1.165) is 23.7 Å². The lowest BCUT2D eigenvalue weighted by Crippen LogP contribution is -1.98. The van der Waals surface area contributed by atoms with Crippen LogP contribution in [0.25, 0.3) is 0 Å². The van der Waals surface area contributed by atoms with Crippen LogP contribution in [0.3, 0.4) is 0 Å². The van der Waals surface area contributed by atoms with Crippen LogP contribution in [0, 0.1) is 41.4 Å². The summed E-state index contributed by atoms with van der Waals surface area (Å²) in [6.07, 6.45) is 4.25. The summed E-state index contributed by atoms with van der Waals surface area (Å²) in [6, 6.07) is 0. The molecule has 2 bridgehead atoms. The van der Waals surface area contributed by atoms with Gasteiger partial charge in [0, 0.05) is 11.8 Å². The van der Waals surface area contributed by atoms with Crippen LogP contribution in [0.4, 0.5) is 0 Å². The number of fused-ring (bicyclic) bond motifs is 5. The zero-order chi connectivity index (χ0) is 9.71. The van der Waals surface area contributed by atoms with E-state index in [0.29, 0.717) is 5.92 Å². The van der Waals surface area contributed by atoms with Gasteiger partial charge >= 0.3 is 5.97 Å². The highest BCUT2D eigenvalue weighted by atomic mass is 16.5. The van der Waals surface area contributed by atoms with Crippen molar-refractivity contribution < 1.29 is 9.53 Å². The van der Waals surface area contributed by atoms with Crippen molar-refractivity contribution in [1.29, 1.82) is 0 Å². The molecule has 74 valence electrons. The molecule has 0 radical (unpaired) electrons. The third-order valence-corrected chi connectivity index (χ3v) is 4.26. The van der Waals surface area contributed by atoms with Crippen LogP contribution < -0.4 is 0 Å². The van der Waals surface area contributed by atoms with Crippen molar-refractivity contribution in [3.63, 3.8) is 0 Å². The van der Waals surface area contributed by atoms with Crippen LogP contribution in [-0.2, 0) is 9.53 Å². The number of ether oxygens (including phenoxy) is 1. The average Bonchev–Trinajstić information content (AvgIpc) is 2.60. The van der Waals surface area contributed by atoms with Gasteiger partial charge in [-0.15, -0.1) is 0 Å². The van der Waals surface area contributed by atoms with Gasteiger partial charge in [0.2, 0.25) is 0 Å². The first kappa shape index (κ1) is 8.35. The normalized spacial score (nSPS) is 46.5. The molecule has 0 aromatic rings. The third-order valence-electron chi connectivity index (χ3n) is 4.26. The summed E-state index contributed by atoms with van der Waals surface area (Å²) in [5, 5.41) is 0. The fourth-order valence-corrected chi connectivity index (χ4v) is 3.71. The number of methoxy groups -OCH3 is 1. The quantitative estimate of drug-likeness (QED) is 0.328. The lowest BCUT2D eigenvalue weighted by molar-refractivity contribution is -0.133. The number of rotatable bonds is 0. The van der Waals surface area contributed by atoms with Crippen LogP contribution in [0.1, 0.15) is 19.3 Å². The Kier molecular flexibility index (Phi) is 1.65. The van der Waals surface area contributed by atoms with Gasteiger partial charge < -0.3 is 4.74 Å². The van der Waals surface area contributed by atoms with E-state index in [1.807, 2.05) is 0 Å². The Labute approximate surface area is 84.0 Å². The lowest BCUT2D eigenvalue weighted by atomic mass is 10.0. The first-order valence-corrected chi connectivity index (χ1v) is 5.40. The first-order valence-electron chi connectivity index (χ1n) is 5.40. The maximum atomic E-state index is 10.8. The molecule has 2 nitrogen and oxygen atoms in total. The molecule has 3 saturated carbocycles. The number of esters is 1. The molecule has 4 atom stereocenters. The van der Waals surface area contributed by atoms with E-state index >= 15 is 0 Å². The Morgan fingerprint density at radius 3 is 2.50 bits per heavy atom. The summed E-state index contributed by atoms with van der Waals surface area (Å²) >= 11 is 0. The maximum absolute atomic E-state index is 10.8. The van der Waals surface area contributed by atoms with Crippen molar-refractivity contribution in [3.8, 4) is 11.8 Å². The zero-order valence-corrected chi connectivity index (χ0v) is 8.32. The standard InChI is InChI=1S/C12H14O2/c1-14-10(13)5-4-9-11-7-2-3-8(6-7)12(9)11/h7-9,11-12H,2-3,6H2,1H3. The van der Waals surface area contributed by atoms with Gasteiger partial charge in [0.15, 0.2) is 0 Å². The van der Waals surface area contributed by atoms with Crippen molar-refractivity contribution in [2.75, 3.05) is 7.11 Å². The van der Waals surface area contributed by atoms with Gasteiger partial charge in [-0.25, -0.2) is 4.79 Å². The SMILES string of the molecule is COC(=O)C#CC1C2C3CCC(C3)C12. The minimum Gasteiger partial charge on any atom is -0.459 e. The molecule has 4 unspecified atom stereocenters. The van der Waals surface area contributed by atoms with E-state index < -0.39 is 0 Å². The molecule has 14 heavy (non-hydrogen) atoms. The van der Waals surface area contributed by atoms with E-state index in [-0.39, 0.29) is 5.97 Å². The predicted octanol–water partition coefficient (Wildman–Crippen LogP) is 1.45. The van der Waals surface area contributed by atoms with Crippen molar-refractivity contribution in [3.05, 3.63) is 0 Å². The summed E-state index contributed by atoms with van der Waals surface area (Å²) < 4.78 is 4.51. The minimum atomic E-state index is -0.387. The molecular weight excluding hydrogens is 176 g/mol. The topological polar surface area (TPSA) is 26.3 Å². The molecule has 0 aromatic carbocycles. The third kappa shape index (κ3) is 1.02. The van der Waals surface area contributed by atoms with Gasteiger partial charge in [0.25, 0.3) is 0 Å². The second kappa shape index (κ2) is 2.76. The molecule has 0 spiro atoms. The van der Waals surface area contributed by atoms with Crippen LogP contribution in [0.2, 0.25) is 0 Å². The Bertz CT molecular complexity index is 320. The minimum absolute atomic E-state index is 0.387. The monoisotopic (exact) mass is 190 g/mol. The van der Waals surface area contributed by atoms with Gasteiger partial charge in [-0.2, -0.15) is 0 Å². The molecule has 0 aromatic heterocycles. The summed E-state index contributed by atoms with van der Waals surface area (Å²) in [4.78, 5) is 10.8. The Balaban J connectivity index is 1.68. The molecule has 0 saturated heterocycles. The molecule has 3 aliphatic carbocycles. The molecule has 2 heteroatoms.